The Hall–Kier alpha value is -1.22. The standard InChI is InChI=1S/C13H13BrN2O3S2/c1-8-5-11(20-12(8)14)13(17)16-7-9-3-2-4-10(6-9)21(15,18)19/h2-6H,7H2,1H3,(H,16,17)(H2,15,18,19). The van der Waals surface area contributed by atoms with Crippen LogP contribution in [0, 0.1) is 6.92 Å². The van der Waals surface area contributed by atoms with Crippen molar-refractivity contribution in [2.45, 2.75) is 18.4 Å². The highest BCUT2D eigenvalue weighted by Gasteiger charge is 2.12. The second-order valence-electron chi connectivity index (χ2n) is 4.44. The maximum atomic E-state index is 12.0. The van der Waals surface area contributed by atoms with Crippen molar-refractivity contribution in [1.82, 2.24) is 5.32 Å². The van der Waals surface area contributed by atoms with Gasteiger partial charge in [-0.25, -0.2) is 13.6 Å². The zero-order valence-corrected chi connectivity index (χ0v) is 14.3. The monoisotopic (exact) mass is 388 g/mol. The molecule has 0 saturated heterocycles. The first kappa shape index (κ1) is 16.2. The van der Waals surface area contributed by atoms with Gasteiger partial charge in [-0.3, -0.25) is 4.79 Å². The van der Waals surface area contributed by atoms with E-state index in [1.807, 2.05) is 6.92 Å². The molecule has 0 unspecified atom stereocenters. The van der Waals surface area contributed by atoms with Crippen LogP contribution >= 0.6 is 27.3 Å². The van der Waals surface area contributed by atoms with Crippen molar-refractivity contribution < 1.29 is 13.2 Å². The van der Waals surface area contributed by atoms with Crippen LogP contribution in [0.2, 0.25) is 0 Å². The average molecular weight is 389 g/mol. The number of sulfonamides is 1. The molecule has 2 rings (SSSR count). The highest BCUT2D eigenvalue weighted by Crippen LogP contribution is 2.27. The number of nitrogens with two attached hydrogens (primary N) is 1. The number of rotatable bonds is 4. The van der Waals surface area contributed by atoms with Crippen molar-refractivity contribution in [1.29, 1.82) is 0 Å². The quantitative estimate of drug-likeness (QED) is 0.842. The van der Waals surface area contributed by atoms with Crippen molar-refractivity contribution in [2.24, 2.45) is 5.14 Å². The Labute approximate surface area is 135 Å². The Morgan fingerprint density at radius 3 is 2.67 bits per heavy atom. The third-order valence-corrected chi connectivity index (χ3v) is 5.81. The van der Waals surface area contributed by atoms with Crippen LogP contribution in [0.25, 0.3) is 0 Å². The molecule has 1 aromatic heterocycles. The number of halogens is 1. The van der Waals surface area contributed by atoms with Gasteiger partial charge in [0.25, 0.3) is 5.91 Å². The van der Waals surface area contributed by atoms with Crippen molar-refractivity contribution in [3.63, 3.8) is 0 Å². The number of aryl methyl sites for hydroxylation is 1. The van der Waals surface area contributed by atoms with Gasteiger partial charge in [0.15, 0.2) is 0 Å². The van der Waals surface area contributed by atoms with E-state index >= 15 is 0 Å². The molecule has 1 amide bonds. The minimum absolute atomic E-state index is 0.0314. The lowest BCUT2D eigenvalue weighted by Gasteiger charge is -2.05. The molecule has 0 aliphatic heterocycles. The number of carbonyl (C=O) groups is 1. The Balaban J connectivity index is 2.08. The topological polar surface area (TPSA) is 89.3 Å². The minimum Gasteiger partial charge on any atom is -0.347 e. The molecule has 5 nitrogen and oxygen atoms in total. The molecule has 0 radical (unpaired) electrons. The van der Waals surface area contributed by atoms with Gasteiger partial charge in [0.1, 0.15) is 0 Å². The van der Waals surface area contributed by atoms with Crippen molar-refractivity contribution in [2.75, 3.05) is 0 Å². The summed E-state index contributed by atoms with van der Waals surface area (Å²) in [5.74, 6) is -0.199. The van der Waals surface area contributed by atoms with Crippen LogP contribution in [0.4, 0.5) is 0 Å². The lowest BCUT2D eigenvalue weighted by Crippen LogP contribution is -2.22. The molecule has 0 fully saturated rings. The molecule has 2 aromatic rings. The van der Waals surface area contributed by atoms with Crippen molar-refractivity contribution in [3.8, 4) is 0 Å². The van der Waals surface area contributed by atoms with Gasteiger partial charge < -0.3 is 5.32 Å². The summed E-state index contributed by atoms with van der Waals surface area (Å²) in [5, 5.41) is 7.82. The number of primary sulfonamides is 1. The fourth-order valence-electron chi connectivity index (χ4n) is 1.67. The molecule has 21 heavy (non-hydrogen) atoms. The maximum absolute atomic E-state index is 12.0. The van der Waals surface area contributed by atoms with Crippen LogP contribution in [0.5, 0.6) is 0 Å². The van der Waals surface area contributed by atoms with Crippen LogP contribution < -0.4 is 10.5 Å². The number of hydrogen-bond donors (Lipinski definition) is 2. The van der Waals surface area contributed by atoms with Crippen LogP contribution in [-0.2, 0) is 16.6 Å². The van der Waals surface area contributed by atoms with E-state index in [0.29, 0.717) is 10.4 Å². The first-order valence-corrected chi connectivity index (χ1v) is 9.09. The van der Waals surface area contributed by atoms with E-state index < -0.39 is 10.0 Å². The third kappa shape index (κ3) is 4.13. The van der Waals surface area contributed by atoms with E-state index in [-0.39, 0.29) is 17.3 Å². The second kappa shape index (κ2) is 6.27. The molecule has 0 atom stereocenters. The van der Waals surface area contributed by atoms with Crippen LogP contribution in [0.15, 0.2) is 39.0 Å². The number of carbonyl (C=O) groups excluding carboxylic acids is 1. The summed E-state index contributed by atoms with van der Waals surface area (Å²) in [7, 11) is -3.74. The maximum Gasteiger partial charge on any atom is 0.261 e. The summed E-state index contributed by atoms with van der Waals surface area (Å²) in [5.41, 5.74) is 1.67. The Bertz CT molecular complexity index is 765. The normalized spacial score (nSPS) is 11.4. The smallest absolute Gasteiger partial charge is 0.261 e. The predicted octanol–water partition coefficient (Wildman–Crippen LogP) is 2.40. The lowest BCUT2D eigenvalue weighted by atomic mass is 10.2. The molecular weight excluding hydrogens is 376 g/mol. The molecule has 3 N–H and O–H groups in total. The van der Waals surface area contributed by atoms with E-state index in [2.05, 4.69) is 21.2 Å². The van der Waals surface area contributed by atoms with Crippen LogP contribution in [0.1, 0.15) is 20.8 Å². The SMILES string of the molecule is Cc1cc(C(=O)NCc2cccc(S(N)(=O)=O)c2)sc1Br. The van der Waals surface area contributed by atoms with Crippen molar-refractivity contribution >= 4 is 43.2 Å². The van der Waals surface area contributed by atoms with Gasteiger partial charge in [-0.05, 0) is 52.2 Å². The first-order valence-electron chi connectivity index (χ1n) is 5.93. The summed E-state index contributed by atoms with van der Waals surface area (Å²) in [6.45, 7) is 2.14. The van der Waals surface area contributed by atoms with Gasteiger partial charge >= 0.3 is 0 Å². The molecular formula is C13H13BrN2O3S2. The number of nitrogens with one attached hydrogen (secondary N) is 1. The molecule has 112 valence electrons. The highest BCUT2D eigenvalue weighted by molar-refractivity contribution is 9.11. The predicted molar refractivity (Wildman–Crippen MR) is 85.7 cm³/mol. The van der Waals surface area contributed by atoms with Gasteiger partial charge in [0, 0.05) is 6.54 Å². The summed E-state index contributed by atoms with van der Waals surface area (Å²) in [6.07, 6.45) is 0. The fourth-order valence-corrected chi connectivity index (χ4v) is 3.71. The largest absolute Gasteiger partial charge is 0.347 e. The van der Waals surface area contributed by atoms with Gasteiger partial charge in [0.2, 0.25) is 10.0 Å². The molecule has 0 spiro atoms. The molecule has 0 saturated carbocycles. The average Bonchev–Trinajstić information content (AvgIpc) is 2.75. The second-order valence-corrected chi connectivity index (χ2v) is 8.37. The van der Waals surface area contributed by atoms with Gasteiger partial charge in [0.05, 0.1) is 13.6 Å². The summed E-state index contributed by atoms with van der Waals surface area (Å²) in [6, 6.07) is 7.98. The van der Waals surface area contributed by atoms with E-state index in [9.17, 15) is 13.2 Å². The number of amides is 1. The molecule has 0 aliphatic carbocycles. The van der Waals surface area contributed by atoms with Crippen molar-refractivity contribution in [3.05, 3.63) is 50.1 Å². The Morgan fingerprint density at radius 2 is 2.10 bits per heavy atom. The van der Waals surface area contributed by atoms with Gasteiger partial charge in [-0.1, -0.05) is 12.1 Å². The number of hydrogen-bond acceptors (Lipinski definition) is 4. The highest BCUT2D eigenvalue weighted by atomic mass is 79.9. The zero-order valence-electron chi connectivity index (χ0n) is 11.1. The summed E-state index contributed by atoms with van der Waals surface area (Å²) in [4.78, 5) is 12.6. The third-order valence-electron chi connectivity index (χ3n) is 2.76. The minimum atomic E-state index is -3.74. The van der Waals surface area contributed by atoms with Gasteiger partial charge in [-0.15, -0.1) is 11.3 Å². The molecule has 0 bridgehead atoms. The van der Waals surface area contributed by atoms with Crippen LogP contribution in [-0.4, -0.2) is 14.3 Å². The zero-order chi connectivity index (χ0) is 15.6. The van der Waals surface area contributed by atoms with E-state index in [1.54, 1.807) is 18.2 Å². The molecule has 1 heterocycles. The first-order chi connectivity index (χ1) is 9.77. The molecule has 1 aromatic carbocycles. The summed E-state index contributed by atoms with van der Waals surface area (Å²) < 4.78 is 23.5. The van der Waals surface area contributed by atoms with E-state index in [1.165, 1.54) is 23.5 Å². The molecule has 8 heteroatoms. The molecule has 0 aliphatic rings. The summed E-state index contributed by atoms with van der Waals surface area (Å²) >= 11 is 4.72. The fraction of sp³-hybridized carbons (Fsp3) is 0.154. The lowest BCUT2D eigenvalue weighted by molar-refractivity contribution is 0.0955. The number of thiophene rings is 1. The van der Waals surface area contributed by atoms with E-state index in [0.717, 1.165) is 9.35 Å². The van der Waals surface area contributed by atoms with E-state index in [4.69, 9.17) is 5.14 Å². The van der Waals surface area contributed by atoms with Gasteiger partial charge in [-0.2, -0.15) is 0 Å². The Kier molecular flexibility index (Phi) is 4.82. The number of benzene rings is 1. The van der Waals surface area contributed by atoms with Crippen LogP contribution in [0.3, 0.4) is 0 Å². The Morgan fingerprint density at radius 1 is 1.38 bits per heavy atom.